The van der Waals surface area contributed by atoms with Crippen LogP contribution in [0.15, 0.2) is 28.7 Å². The monoisotopic (exact) mass is 326 g/mol. The fourth-order valence-corrected chi connectivity index (χ4v) is 2.71. The van der Waals surface area contributed by atoms with Crippen molar-refractivity contribution in [2.75, 3.05) is 26.3 Å². The molecule has 1 heterocycles. The van der Waals surface area contributed by atoms with Gasteiger partial charge in [0.25, 0.3) is 0 Å². The van der Waals surface area contributed by atoms with Gasteiger partial charge in [-0.15, -0.1) is 0 Å². The van der Waals surface area contributed by atoms with Crippen LogP contribution in [0.4, 0.5) is 0 Å². The summed E-state index contributed by atoms with van der Waals surface area (Å²) in [5.74, 6) is 0. The summed E-state index contributed by atoms with van der Waals surface area (Å²) in [6.45, 7) is 9.00. The molecule has 0 bridgehead atoms. The molecule has 1 unspecified atom stereocenters. The number of nitrogens with zero attached hydrogens (tertiary/aromatic N) is 1. The molecule has 1 aromatic rings. The zero-order chi connectivity index (χ0) is 13.7. The number of ether oxygens (including phenoxy) is 1. The summed E-state index contributed by atoms with van der Waals surface area (Å²) in [5.41, 5.74) is 1.35. The van der Waals surface area contributed by atoms with Gasteiger partial charge in [0.05, 0.1) is 13.2 Å². The van der Waals surface area contributed by atoms with Crippen molar-refractivity contribution in [3.8, 4) is 0 Å². The standard InChI is InChI=1S/C15H23BrN2O/c1-12(2)17-9-14-11-19-8-7-18(14)10-13-5-3-4-6-15(13)16/h3-6,12,14,17H,7-11H2,1-2H3. The van der Waals surface area contributed by atoms with E-state index in [2.05, 4.69) is 64.3 Å². The van der Waals surface area contributed by atoms with Crippen LogP contribution in [0.5, 0.6) is 0 Å². The van der Waals surface area contributed by atoms with E-state index in [-0.39, 0.29) is 0 Å². The lowest BCUT2D eigenvalue weighted by Gasteiger charge is -2.36. The lowest BCUT2D eigenvalue weighted by molar-refractivity contribution is -0.0115. The first-order valence-electron chi connectivity index (χ1n) is 6.95. The van der Waals surface area contributed by atoms with Crippen LogP contribution in [-0.2, 0) is 11.3 Å². The molecule has 0 amide bonds. The first-order valence-corrected chi connectivity index (χ1v) is 7.74. The Bertz CT molecular complexity index is 397. The Hall–Kier alpha value is -0.420. The van der Waals surface area contributed by atoms with Crippen molar-refractivity contribution in [2.24, 2.45) is 0 Å². The number of hydrogen-bond acceptors (Lipinski definition) is 3. The third-order valence-electron chi connectivity index (χ3n) is 3.44. The number of nitrogens with one attached hydrogen (secondary N) is 1. The highest BCUT2D eigenvalue weighted by atomic mass is 79.9. The molecule has 19 heavy (non-hydrogen) atoms. The van der Waals surface area contributed by atoms with Crippen molar-refractivity contribution in [1.82, 2.24) is 10.2 Å². The molecule has 0 aliphatic carbocycles. The minimum absolute atomic E-state index is 0.461. The average molecular weight is 327 g/mol. The minimum Gasteiger partial charge on any atom is -0.378 e. The van der Waals surface area contributed by atoms with E-state index in [4.69, 9.17) is 4.74 Å². The van der Waals surface area contributed by atoms with Gasteiger partial charge in [-0.25, -0.2) is 0 Å². The van der Waals surface area contributed by atoms with E-state index in [9.17, 15) is 0 Å². The predicted molar refractivity (Wildman–Crippen MR) is 82.3 cm³/mol. The Morgan fingerprint density at radius 1 is 1.42 bits per heavy atom. The number of benzene rings is 1. The van der Waals surface area contributed by atoms with E-state index in [1.165, 1.54) is 10.0 Å². The molecule has 4 heteroatoms. The summed E-state index contributed by atoms with van der Waals surface area (Å²) in [6, 6.07) is 9.44. The largest absolute Gasteiger partial charge is 0.378 e. The van der Waals surface area contributed by atoms with Gasteiger partial charge in [-0.1, -0.05) is 48.0 Å². The highest BCUT2D eigenvalue weighted by Crippen LogP contribution is 2.20. The van der Waals surface area contributed by atoms with Crippen molar-refractivity contribution < 1.29 is 4.74 Å². The Labute approximate surface area is 124 Å². The van der Waals surface area contributed by atoms with Gasteiger partial charge in [-0.3, -0.25) is 4.90 Å². The minimum atomic E-state index is 0.461. The van der Waals surface area contributed by atoms with Crippen LogP contribution >= 0.6 is 15.9 Å². The van der Waals surface area contributed by atoms with Gasteiger partial charge in [0, 0.05) is 36.2 Å². The second kappa shape index (κ2) is 7.39. The average Bonchev–Trinajstić information content (AvgIpc) is 2.40. The SMILES string of the molecule is CC(C)NCC1COCCN1Cc1ccccc1Br. The summed E-state index contributed by atoms with van der Waals surface area (Å²) in [4.78, 5) is 2.51. The van der Waals surface area contributed by atoms with Crippen LogP contribution in [0.2, 0.25) is 0 Å². The molecule has 0 saturated carbocycles. The molecule has 106 valence electrons. The van der Waals surface area contributed by atoms with Gasteiger partial charge in [0.15, 0.2) is 0 Å². The molecule has 1 N–H and O–H groups in total. The fraction of sp³-hybridized carbons (Fsp3) is 0.600. The quantitative estimate of drug-likeness (QED) is 0.900. The number of rotatable bonds is 5. The van der Waals surface area contributed by atoms with Crippen molar-refractivity contribution in [1.29, 1.82) is 0 Å². The molecule has 1 atom stereocenters. The highest BCUT2D eigenvalue weighted by molar-refractivity contribution is 9.10. The maximum absolute atomic E-state index is 5.62. The van der Waals surface area contributed by atoms with Gasteiger partial charge in [-0.2, -0.15) is 0 Å². The molecule has 1 aliphatic rings. The van der Waals surface area contributed by atoms with E-state index >= 15 is 0 Å². The fourth-order valence-electron chi connectivity index (χ4n) is 2.30. The topological polar surface area (TPSA) is 24.5 Å². The van der Waals surface area contributed by atoms with Gasteiger partial charge >= 0.3 is 0 Å². The molecule has 0 radical (unpaired) electrons. The lowest BCUT2D eigenvalue weighted by atomic mass is 10.1. The highest BCUT2D eigenvalue weighted by Gasteiger charge is 2.23. The van der Waals surface area contributed by atoms with E-state index in [0.717, 1.165) is 32.8 Å². The van der Waals surface area contributed by atoms with E-state index in [1.54, 1.807) is 0 Å². The maximum atomic E-state index is 5.62. The predicted octanol–water partition coefficient (Wildman–Crippen LogP) is 2.65. The normalized spacial score (nSPS) is 20.9. The number of morpholine rings is 1. The van der Waals surface area contributed by atoms with Crippen molar-refractivity contribution in [3.63, 3.8) is 0 Å². The van der Waals surface area contributed by atoms with Crippen molar-refractivity contribution in [2.45, 2.75) is 32.5 Å². The molecule has 1 fully saturated rings. The third-order valence-corrected chi connectivity index (χ3v) is 4.22. The van der Waals surface area contributed by atoms with E-state index in [1.807, 2.05) is 0 Å². The third kappa shape index (κ3) is 4.56. The summed E-state index contributed by atoms with van der Waals surface area (Å²) >= 11 is 3.63. The van der Waals surface area contributed by atoms with E-state index < -0.39 is 0 Å². The van der Waals surface area contributed by atoms with Crippen LogP contribution in [0, 0.1) is 0 Å². The van der Waals surface area contributed by atoms with E-state index in [0.29, 0.717) is 12.1 Å². The molecule has 0 spiro atoms. The van der Waals surface area contributed by atoms with Gasteiger partial charge < -0.3 is 10.1 Å². The molecule has 3 nitrogen and oxygen atoms in total. The summed E-state index contributed by atoms with van der Waals surface area (Å²) in [6.07, 6.45) is 0. The van der Waals surface area contributed by atoms with Crippen LogP contribution in [0.3, 0.4) is 0 Å². The molecule has 2 rings (SSSR count). The van der Waals surface area contributed by atoms with Crippen molar-refractivity contribution in [3.05, 3.63) is 34.3 Å². The lowest BCUT2D eigenvalue weighted by Crippen LogP contribution is -2.50. The maximum Gasteiger partial charge on any atom is 0.0635 e. The first kappa shape index (κ1) is 15.0. The summed E-state index contributed by atoms with van der Waals surface area (Å²) in [5, 5.41) is 3.51. The second-order valence-electron chi connectivity index (χ2n) is 5.35. The Morgan fingerprint density at radius 2 is 2.21 bits per heavy atom. The number of hydrogen-bond donors (Lipinski definition) is 1. The van der Waals surface area contributed by atoms with Crippen LogP contribution < -0.4 is 5.32 Å². The second-order valence-corrected chi connectivity index (χ2v) is 6.21. The Balaban J connectivity index is 1.97. The molecular formula is C15H23BrN2O. The zero-order valence-corrected chi connectivity index (χ0v) is 13.3. The van der Waals surface area contributed by atoms with Crippen LogP contribution in [-0.4, -0.2) is 43.3 Å². The summed E-state index contributed by atoms with van der Waals surface area (Å²) in [7, 11) is 0. The smallest absolute Gasteiger partial charge is 0.0635 e. The molecule has 0 aromatic heterocycles. The zero-order valence-electron chi connectivity index (χ0n) is 11.7. The van der Waals surface area contributed by atoms with Gasteiger partial charge in [0.1, 0.15) is 0 Å². The summed E-state index contributed by atoms with van der Waals surface area (Å²) < 4.78 is 6.81. The van der Waals surface area contributed by atoms with Crippen LogP contribution in [0.1, 0.15) is 19.4 Å². The molecule has 1 aliphatic heterocycles. The Morgan fingerprint density at radius 3 is 2.95 bits per heavy atom. The molecule has 1 aromatic carbocycles. The van der Waals surface area contributed by atoms with Crippen LogP contribution in [0.25, 0.3) is 0 Å². The first-order chi connectivity index (χ1) is 9.16. The van der Waals surface area contributed by atoms with Gasteiger partial charge in [-0.05, 0) is 11.6 Å². The van der Waals surface area contributed by atoms with Gasteiger partial charge in [0.2, 0.25) is 0 Å². The molecular weight excluding hydrogens is 304 g/mol. The number of halogens is 1. The van der Waals surface area contributed by atoms with Crippen molar-refractivity contribution >= 4 is 15.9 Å². The molecule has 1 saturated heterocycles. The Kier molecular flexibility index (Phi) is 5.82.